The summed E-state index contributed by atoms with van der Waals surface area (Å²) < 4.78 is 5.14. The van der Waals surface area contributed by atoms with Gasteiger partial charge in [0.2, 0.25) is 11.6 Å². The molecule has 1 aromatic heterocycles. The van der Waals surface area contributed by atoms with Crippen molar-refractivity contribution in [1.82, 2.24) is 15.4 Å². The summed E-state index contributed by atoms with van der Waals surface area (Å²) in [4.78, 5) is 31.2. The Morgan fingerprint density at radius 3 is 2.60 bits per heavy atom. The maximum atomic E-state index is 12.4. The van der Waals surface area contributed by atoms with Gasteiger partial charge >= 0.3 is 5.69 Å². The number of aromatic nitrogens is 2. The maximum absolute atomic E-state index is 12.4. The van der Waals surface area contributed by atoms with Crippen LogP contribution in [0.2, 0.25) is 5.02 Å². The predicted octanol–water partition coefficient (Wildman–Crippen LogP) is 3.86. The van der Waals surface area contributed by atoms with Crippen molar-refractivity contribution < 1.29 is 14.5 Å². The van der Waals surface area contributed by atoms with Gasteiger partial charge in [0.25, 0.3) is 5.91 Å². The van der Waals surface area contributed by atoms with Gasteiger partial charge in [0.1, 0.15) is 12.1 Å². The fourth-order valence-electron chi connectivity index (χ4n) is 2.56. The first-order valence-electron chi connectivity index (χ1n) is 8.62. The molecular weight excluding hydrogens is 412 g/mol. The summed E-state index contributed by atoms with van der Waals surface area (Å²) in [6, 6.07) is 11.7. The Morgan fingerprint density at radius 2 is 1.90 bits per heavy atom. The van der Waals surface area contributed by atoms with E-state index >= 15 is 0 Å². The molecular formula is C19H17ClN6O4. The van der Waals surface area contributed by atoms with E-state index in [-0.39, 0.29) is 17.2 Å². The average Bonchev–Trinajstić information content (AvgIpc) is 2.74. The fraction of sp³-hybridized carbons (Fsp3) is 0.105. The van der Waals surface area contributed by atoms with Crippen molar-refractivity contribution in [3.63, 3.8) is 0 Å². The highest BCUT2D eigenvalue weighted by Crippen LogP contribution is 2.32. The summed E-state index contributed by atoms with van der Waals surface area (Å²) in [5.74, 6) is -0.462. The Kier molecular flexibility index (Phi) is 6.28. The van der Waals surface area contributed by atoms with Gasteiger partial charge in [-0.05, 0) is 36.8 Å². The standard InChI is InChI=1S/C19H17ClN6O4/c1-11-7-8-12(9-14(11)20)23-17-16(26(28)29)18(22-10-21-17)24-25-19(27)13-5-3-4-6-15(13)30-2/h3-10H,1-2H3,(H,25,27)(H2,21,22,23,24). The van der Waals surface area contributed by atoms with Crippen LogP contribution in [-0.4, -0.2) is 27.9 Å². The average molecular weight is 429 g/mol. The lowest BCUT2D eigenvalue weighted by atomic mass is 10.2. The van der Waals surface area contributed by atoms with Gasteiger partial charge in [-0.3, -0.25) is 25.8 Å². The van der Waals surface area contributed by atoms with E-state index in [1.54, 1.807) is 42.5 Å². The molecule has 0 aliphatic heterocycles. The largest absolute Gasteiger partial charge is 0.496 e. The molecule has 10 nitrogen and oxygen atoms in total. The van der Waals surface area contributed by atoms with Gasteiger partial charge < -0.3 is 10.1 Å². The van der Waals surface area contributed by atoms with Gasteiger partial charge in [0.05, 0.1) is 17.6 Å². The van der Waals surface area contributed by atoms with Crippen LogP contribution in [0, 0.1) is 17.0 Å². The van der Waals surface area contributed by atoms with E-state index in [1.807, 2.05) is 6.92 Å². The molecule has 2 aromatic carbocycles. The minimum Gasteiger partial charge on any atom is -0.496 e. The monoisotopic (exact) mass is 428 g/mol. The molecule has 0 radical (unpaired) electrons. The number of ether oxygens (including phenoxy) is 1. The SMILES string of the molecule is COc1ccccc1C(=O)NNc1ncnc(Nc2ccc(C)c(Cl)c2)c1[N+](=O)[O-]. The highest BCUT2D eigenvalue weighted by atomic mass is 35.5. The molecule has 0 unspecified atom stereocenters. The number of carbonyl (C=O) groups excluding carboxylic acids is 1. The van der Waals surface area contributed by atoms with Crippen LogP contribution in [0.15, 0.2) is 48.8 Å². The van der Waals surface area contributed by atoms with Gasteiger partial charge in [-0.15, -0.1) is 0 Å². The third kappa shape index (κ3) is 4.55. The zero-order valence-corrected chi connectivity index (χ0v) is 16.7. The molecule has 0 atom stereocenters. The normalized spacial score (nSPS) is 10.2. The molecule has 0 saturated heterocycles. The van der Waals surface area contributed by atoms with Crippen molar-refractivity contribution in [3.8, 4) is 5.75 Å². The van der Waals surface area contributed by atoms with Gasteiger partial charge in [0, 0.05) is 10.7 Å². The van der Waals surface area contributed by atoms with Crippen molar-refractivity contribution in [1.29, 1.82) is 0 Å². The maximum Gasteiger partial charge on any atom is 0.355 e. The van der Waals surface area contributed by atoms with Crippen LogP contribution in [-0.2, 0) is 0 Å². The van der Waals surface area contributed by atoms with Crippen LogP contribution in [0.5, 0.6) is 5.75 Å². The van der Waals surface area contributed by atoms with E-state index in [4.69, 9.17) is 16.3 Å². The van der Waals surface area contributed by atoms with Crippen LogP contribution in [0.25, 0.3) is 0 Å². The van der Waals surface area contributed by atoms with E-state index in [0.29, 0.717) is 16.5 Å². The molecule has 1 heterocycles. The van der Waals surface area contributed by atoms with Gasteiger partial charge in [-0.2, -0.15) is 0 Å². The Bertz CT molecular complexity index is 1110. The molecule has 0 fully saturated rings. The number of aryl methyl sites for hydroxylation is 1. The summed E-state index contributed by atoms with van der Waals surface area (Å²) >= 11 is 6.10. The Morgan fingerprint density at radius 1 is 1.17 bits per heavy atom. The number of benzene rings is 2. The minimum atomic E-state index is -0.657. The number of nitrogens with one attached hydrogen (secondary N) is 3. The second kappa shape index (κ2) is 9.05. The Hall–Kier alpha value is -3.92. The Labute approximate surface area is 176 Å². The number of nitro groups is 1. The molecule has 0 spiro atoms. The number of rotatable bonds is 7. The number of hydrogen-bond acceptors (Lipinski definition) is 8. The fourth-order valence-corrected chi connectivity index (χ4v) is 2.74. The number of anilines is 3. The number of amides is 1. The summed E-state index contributed by atoms with van der Waals surface area (Å²) in [7, 11) is 1.43. The molecule has 0 aliphatic carbocycles. The molecule has 30 heavy (non-hydrogen) atoms. The molecule has 0 saturated carbocycles. The van der Waals surface area contributed by atoms with Crippen LogP contribution >= 0.6 is 11.6 Å². The molecule has 154 valence electrons. The third-order valence-electron chi connectivity index (χ3n) is 4.09. The third-order valence-corrected chi connectivity index (χ3v) is 4.49. The molecule has 0 aliphatic rings. The number of hydrazine groups is 1. The lowest BCUT2D eigenvalue weighted by Gasteiger charge is -2.12. The van der Waals surface area contributed by atoms with Gasteiger partial charge in [-0.1, -0.05) is 29.8 Å². The quantitative estimate of drug-likeness (QED) is 0.382. The second-order valence-electron chi connectivity index (χ2n) is 6.04. The molecule has 11 heteroatoms. The molecule has 3 N–H and O–H groups in total. The van der Waals surface area contributed by atoms with Crippen LogP contribution < -0.4 is 20.9 Å². The summed E-state index contributed by atoms with van der Waals surface area (Å²) in [5.41, 5.74) is 6.03. The topological polar surface area (TPSA) is 131 Å². The number of nitrogens with zero attached hydrogens (tertiary/aromatic N) is 3. The smallest absolute Gasteiger partial charge is 0.355 e. The highest BCUT2D eigenvalue weighted by molar-refractivity contribution is 6.31. The Balaban J connectivity index is 1.84. The van der Waals surface area contributed by atoms with Crippen molar-refractivity contribution in [2.24, 2.45) is 0 Å². The molecule has 1 amide bonds. The number of halogens is 1. The first-order chi connectivity index (χ1) is 14.4. The summed E-state index contributed by atoms with van der Waals surface area (Å²) in [6.07, 6.45) is 1.13. The van der Waals surface area contributed by atoms with Crippen molar-refractivity contribution in [2.75, 3.05) is 17.9 Å². The molecule has 3 rings (SSSR count). The second-order valence-corrected chi connectivity index (χ2v) is 6.45. The summed E-state index contributed by atoms with van der Waals surface area (Å²) in [6.45, 7) is 1.84. The number of carbonyl (C=O) groups is 1. The number of hydrogen-bond donors (Lipinski definition) is 3. The minimum absolute atomic E-state index is 0.0658. The van der Waals surface area contributed by atoms with E-state index < -0.39 is 16.5 Å². The lowest BCUT2D eigenvalue weighted by Crippen LogP contribution is -2.30. The molecule has 0 bridgehead atoms. The lowest BCUT2D eigenvalue weighted by molar-refractivity contribution is -0.383. The van der Waals surface area contributed by atoms with Crippen molar-refractivity contribution in [3.05, 3.63) is 75.1 Å². The zero-order chi connectivity index (χ0) is 21.7. The zero-order valence-electron chi connectivity index (χ0n) is 16.0. The molecule has 3 aromatic rings. The van der Waals surface area contributed by atoms with E-state index in [2.05, 4.69) is 26.1 Å². The van der Waals surface area contributed by atoms with Crippen LogP contribution in [0.1, 0.15) is 15.9 Å². The van der Waals surface area contributed by atoms with E-state index in [1.165, 1.54) is 7.11 Å². The van der Waals surface area contributed by atoms with E-state index in [0.717, 1.165) is 11.9 Å². The van der Waals surface area contributed by atoms with Gasteiger partial charge in [0.15, 0.2) is 0 Å². The predicted molar refractivity (Wildman–Crippen MR) is 112 cm³/mol. The number of methoxy groups -OCH3 is 1. The first kappa shape index (κ1) is 20.8. The van der Waals surface area contributed by atoms with Crippen LogP contribution in [0.4, 0.5) is 23.0 Å². The van der Waals surface area contributed by atoms with Crippen molar-refractivity contribution in [2.45, 2.75) is 6.92 Å². The van der Waals surface area contributed by atoms with Gasteiger partial charge in [-0.25, -0.2) is 9.97 Å². The van der Waals surface area contributed by atoms with Crippen molar-refractivity contribution >= 4 is 40.5 Å². The van der Waals surface area contributed by atoms with Crippen LogP contribution in [0.3, 0.4) is 0 Å². The number of para-hydroxylation sites is 1. The first-order valence-corrected chi connectivity index (χ1v) is 9.00. The van der Waals surface area contributed by atoms with E-state index in [9.17, 15) is 14.9 Å². The highest BCUT2D eigenvalue weighted by Gasteiger charge is 2.24. The summed E-state index contributed by atoms with van der Waals surface area (Å²) in [5, 5.41) is 15.0.